The van der Waals surface area contributed by atoms with Crippen LogP contribution >= 0.6 is 0 Å². The summed E-state index contributed by atoms with van der Waals surface area (Å²) in [6, 6.07) is 1.39. The summed E-state index contributed by atoms with van der Waals surface area (Å²) in [5, 5.41) is 0. The van der Waals surface area contributed by atoms with E-state index in [4.69, 9.17) is 0 Å². The zero-order chi connectivity index (χ0) is 2.71. The Balaban J connectivity index is 0. The van der Waals surface area contributed by atoms with E-state index in [1.54, 1.807) is 0 Å². The molecule has 0 fully saturated rings. The van der Waals surface area contributed by atoms with Gasteiger partial charge in [-0.3, -0.25) is 0 Å². The minimum absolute atomic E-state index is 0. The first-order valence-electron chi connectivity index (χ1n) is 1.41. The molecule has 0 N–H and O–H groups in total. The van der Waals surface area contributed by atoms with Crippen LogP contribution in [0.25, 0.3) is 0 Å². The Kier molecular flexibility index (Phi) is 19.9. The van der Waals surface area contributed by atoms with Gasteiger partial charge in [0.25, 0.3) is 0 Å². The van der Waals surface area contributed by atoms with Crippen LogP contribution in [0.4, 0.5) is 0 Å². The summed E-state index contributed by atoms with van der Waals surface area (Å²) in [5.41, 5.74) is 0. The van der Waals surface area contributed by atoms with E-state index in [2.05, 4.69) is 6.92 Å². The molecule has 0 heterocycles. The summed E-state index contributed by atoms with van der Waals surface area (Å²) in [6.07, 6.45) is 0. The minimum atomic E-state index is 0. The average Bonchev–Trinajstić information content (AvgIpc) is 0.918. The summed E-state index contributed by atoms with van der Waals surface area (Å²) >= 11 is 0. The van der Waals surface area contributed by atoms with E-state index in [0.29, 0.717) is 0 Å². The molecule has 0 spiro atoms. The van der Waals surface area contributed by atoms with Crippen molar-refractivity contribution in [2.75, 3.05) is 0 Å². The van der Waals surface area contributed by atoms with E-state index in [1.165, 1.54) is 16.3 Å². The van der Waals surface area contributed by atoms with Crippen LogP contribution in [0.5, 0.6) is 0 Å². The van der Waals surface area contributed by atoms with Gasteiger partial charge in [0.2, 0.25) is 0 Å². The zero-order valence-corrected chi connectivity index (χ0v) is 7.71. The molecule has 0 unspecified atom stereocenters. The third-order valence-electron chi connectivity index (χ3n) is 0. The molecular formula is C2H8NaSi. The van der Waals surface area contributed by atoms with Crippen LogP contribution in [0.1, 0.15) is 6.92 Å². The molecule has 0 nitrogen and oxygen atoms in total. The van der Waals surface area contributed by atoms with Gasteiger partial charge in [-0.1, -0.05) is 13.0 Å². The molecule has 0 aromatic carbocycles. The predicted molar refractivity (Wildman–Crippen MR) is 26.2 cm³/mol. The first kappa shape index (κ1) is 8.96. The van der Waals surface area contributed by atoms with Crippen LogP contribution < -0.4 is 0 Å². The van der Waals surface area contributed by atoms with Crippen molar-refractivity contribution in [3.05, 3.63) is 0 Å². The fraction of sp³-hybridized carbons (Fsp3) is 1.00. The van der Waals surface area contributed by atoms with Gasteiger partial charge in [0.1, 0.15) is 0 Å². The van der Waals surface area contributed by atoms with Crippen molar-refractivity contribution in [2.24, 2.45) is 0 Å². The Bertz CT molecular complexity index is 6.00. The van der Waals surface area contributed by atoms with Gasteiger partial charge in [-0.05, 0) is 0 Å². The molecule has 0 aliphatic rings. The quantitative estimate of drug-likeness (QED) is 0.343. The monoisotopic (exact) mass is 83.0 g/mol. The van der Waals surface area contributed by atoms with Crippen molar-refractivity contribution in [1.82, 2.24) is 0 Å². The first-order valence-corrected chi connectivity index (χ1v) is 2.83. The van der Waals surface area contributed by atoms with Crippen LogP contribution in [-0.4, -0.2) is 39.8 Å². The molecule has 0 aromatic rings. The normalized spacial score (nSPS) is 5.25. The largest absolute Gasteiger partial charge is 0.0686 e. The van der Waals surface area contributed by atoms with Crippen molar-refractivity contribution in [2.45, 2.75) is 13.0 Å². The van der Waals surface area contributed by atoms with Crippen molar-refractivity contribution in [3.8, 4) is 0 Å². The molecule has 0 aromatic heterocycles. The second kappa shape index (κ2) is 8.88. The van der Waals surface area contributed by atoms with E-state index in [1.807, 2.05) is 0 Å². The fourth-order valence-electron chi connectivity index (χ4n) is 0. The van der Waals surface area contributed by atoms with Crippen LogP contribution in [0.2, 0.25) is 6.04 Å². The van der Waals surface area contributed by atoms with E-state index < -0.39 is 0 Å². The van der Waals surface area contributed by atoms with Gasteiger partial charge in [0, 0.05) is 39.8 Å². The summed E-state index contributed by atoms with van der Waals surface area (Å²) in [5.74, 6) is 0. The third-order valence-corrected chi connectivity index (χ3v) is 0. The average molecular weight is 83.2 g/mol. The van der Waals surface area contributed by atoms with Crippen LogP contribution in [0.3, 0.4) is 0 Å². The maximum absolute atomic E-state index is 2.19. The topological polar surface area (TPSA) is 0 Å². The van der Waals surface area contributed by atoms with E-state index in [-0.39, 0.29) is 29.6 Å². The molecule has 0 rings (SSSR count). The number of rotatable bonds is 0. The Hall–Kier alpha value is 1.22. The number of hydrogen-bond acceptors (Lipinski definition) is 0. The minimum Gasteiger partial charge on any atom is -0.0686 e. The Morgan fingerprint density at radius 2 is 1.75 bits per heavy atom. The molecule has 0 aliphatic carbocycles. The summed E-state index contributed by atoms with van der Waals surface area (Å²) < 4.78 is 0. The molecule has 0 aliphatic heterocycles. The molecule has 0 saturated heterocycles. The molecule has 2 heteroatoms. The van der Waals surface area contributed by atoms with Crippen LogP contribution in [0.15, 0.2) is 0 Å². The molecule has 0 amide bonds. The molecule has 21 valence electrons. The SMILES string of the molecule is CC[SiH3].[Na]. The smallest absolute Gasteiger partial charge is 0.00244 e. The molecule has 0 saturated carbocycles. The maximum atomic E-state index is 2.19. The predicted octanol–water partition coefficient (Wildman–Crippen LogP) is -0.591. The second-order valence-corrected chi connectivity index (χ2v) is 2.12. The molecule has 0 bridgehead atoms. The van der Waals surface area contributed by atoms with Crippen molar-refractivity contribution in [3.63, 3.8) is 0 Å². The van der Waals surface area contributed by atoms with Gasteiger partial charge in [0.15, 0.2) is 0 Å². The molecule has 4 heavy (non-hydrogen) atoms. The standard InChI is InChI=1S/C2H8Si.Na/c1-2-3;/h2H2,1,3H3;. The number of hydrogen-bond donors (Lipinski definition) is 0. The summed E-state index contributed by atoms with van der Waals surface area (Å²) in [4.78, 5) is 0. The molecular weight excluding hydrogens is 75.1 g/mol. The van der Waals surface area contributed by atoms with Gasteiger partial charge >= 0.3 is 0 Å². The Morgan fingerprint density at radius 3 is 1.75 bits per heavy atom. The third kappa shape index (κ3) is 10.7. The fourth-order valence-corrected chi connectivity index (χ4v) is 0. The first-order chi connectivity index (χ1) is 1.41. The summed E-state index contributed by atoms with van der Waals surface area (Å²) in [6.45, 7) is 2.19. The van der Waals surface area contributed by atoms with Gasteiger partial charge in [-0.2, -0.15) is 0 Å². The molecule has 0 atom stereocenters. The van der Waals surface area contributed by atoms with Crippen LogP contribution in [0, 0.1) is 0 Å². The Labute approximate surface area is 52.7 Å². The van der Waals surface area contributed by atoms with Gasteiger partial charge in [0.05, 0.1) is 0 Å². The van der Waals surface area contributed by atoms with E-state index in [9.17, 15) is 0 Å². The summed E-state index contributed by atoms with van der Waals surface area (Å²) in [7, 11) is 1.37. The zero-order valence-electron chi connectivity index (χ0n) is 3.71. The van der Waals surface area contributed by atoms with Gasteiger partial charge < -0.3 is 0 Å². The van der Waals surface area contributed by atoms with Gasteiger partial charge in [-0.25, -0.2) is 0 Å². The van der Waals surface area contributed by atoms with Gasteiger partial charge in [-0.15, -0.1) is 0 Å². The maximum Gasteiger partial charge on any atom is 0.00244 e. The van der Waals surface area contributed by atoms with E-state index in [0.717, 1.165) is 0 Å². The van der Waals surface area contributed by atoms with Crippen molar-refractivity contribution < 1.29 is 0 Å². The van der Waals surface area contributed by atoms with Crippen LogP contribution in [-0.2, 0) is 0 Å². The van der Waals surface area contributed by atoms with E-state index >= 15 is 0 Å². The van der Waals surface area contributed by atoms with Crippen molar-refractivity contribution in [1.29, 1.82) is 0 Å². The second-order valence-electron chi connectivity index (χ2n) is 0.707. The molecule has 1 radical (unpaired) electrons. The van der Waals surface area contributed by atoms with Crippen molar-refractivity contribution >= 4 is 39.8 Å². The Morgan fingerprint density at radius 1 is 1.75 bits per heavy atom.